The van der Waals surface area contributed by atoms with E-state index in [9.17, 15) is 14.4 Å². The van der Waals surface area contributed by atoms with E-state index in [1.807, 2.05) is 16.7 Å². The number of rotatable bonds is 5. The number of nitrogens with one attached hydrogen (secondary N) is 1. The van der Waals surface area contributed by atoms with E-state index in [0.717, 1.165) is 45.2 Å². The van der Waals surface area contributed by atoms with E-state index in [4.69, 9.17) is 11.6 Å². The molecule has 1 aromatic heterocycles. The Balaban J connectivity index is 1.49. The molecule has 2 aliphatic rings. The first-order valence-corrected chi connectivity index (χ1v) is 11.8. The van der Waals surface area contributed by atoms with Gasteiger partial charge in [0.2, 0.25) is 5.91 Å². The summed E-state index contributed by atoms with van der Waals surface area (Å²) in [4.78, 5) is 51.5. The maximum atomic E-state index is 13.4. The number of urea groups is 1. The second kappa shape index (κ2) is 9.90. The zero-order valence-electron chi connectivity index (χ0n) is 18.5. The topological polar surface area (TPSA) is 89.6 Å². The number of H-pyrrole nitrogens is 1. The molecule has 0 bridgehead atoms. The van der Waals surface area contributed by atoms with Gasteiger partial charge < -0.3 is 19.7 Å². The molecule has 1 unspecified atom stereocenters. The lowest BCUT2D eigenvalue weighted by Crippen LogP contribution is -2.50. The first-order chi connectivity index (χ1) is 15.5. The number of hydrogen-bond donors (Lipinski definition) is 1. The Morgan fingerprint density at radius 3 is 2.69 bits per heavy atom. The van der Waals surface area contributed by atoms with Crippen molar-refractivity contribution in [2.45, 2.75) is 45.6 Å². The minimum atomic E-state index is -0.245. The van der Waals surface area contributed by atoms with Gasteiger partial charge in [0.25, 0.3) is 5.56 Å². The molecule has 0 saturated carbocycles. The standard InChI is InChI=1S/C23H30ClN5O3/c1-2-9-28(15-20-25-19-13-17(24)7-8-18(19)21(30)26-20)22(31)16-6-5-12-29(14-16)23(32)27-10-3-4-11-27/h7-8,13,16H,2-6,9-12,14-15H2,1H3,(H,25,26,30). The number of halogens is 1. The van der Waals surface area contributed by atoms with Gasteiger partial charge in [0, 0.05) is 37.7 Å². The van der Waals surface area contributed by atoms with Crippen molar-refractivity contribution in [1.82, 2.24) is 24.7 Å². The maximum absolute atomic E-state index is 13.4. The Labute approximate surface area is 192 Å². The number of likely N-dealkylation sites (tertiary alicyclic amines) is 2. The number of amides is 3. The van der Waals surface area contributed by atoms with Crippen molar-refractivity contribution in [3.8, 4) is 0 Å². The fourth-order valence-corrected chi connectivity index (χ4v) is 4.84. The largest absolute Gasteiger partial charge is 0.335 e. The van der Waals surface area contributed by atoms with E-state index in [1.54, 1.807) is 23.1 Å². The fourth-order valence-electron chi connectivity index (χ4n) is 4.67. The average Bonchev–Trinajstić information content (AvgIpc) is 3.32. The average molecular weight is 460 g/mol. The zero-order chi connectivity index (χ0) is 22.7. The summed E-state index contributed by atoms with van der Waals surface area (Å²) in [5, 5.41) is 0.975. The monoisotopic (exact) mass is 459 g/mol. The summed E-state index contributed by atoms with van der Waals surface area (Å²) in [6, 6.07) is 5.02. The van der Waals surface area contributed by atoms with Gasteiger partial charge in [-0.2, -0.15) is 0 Å². The molecule has 4 rings (SSSR count). The Bertz CT molecular complexity index is 1050. The molecule has 0 spiro atoms. The molecule has 0 aliphatic carbocycles. The summed E-state index contributed by atoms with van der Waals surface area (Å²) in [6.45, 7) is 5.56. The van der Waals surface area contributed by atoms with Gasteiger partial charge in [-0.15, -0.1) is 0 Å². The van der Waals surface area contributed by atoms with Crippen LogP contribution in [0.25, 0.3) is 10.9 Å². The number of benzene rings is 1. The number of hydrogen-bond acceptors (Lipinski definition) is 4. The van der Waals surface area contributed by atoms with E-state index in [-0.39, 0.29) is 30.0 Å². The molecule has 2 saturated heterocycles. The Kier molecular flexibility index (Phi) is 6.98. The first-order valence-electron chi connectivity index (χ1n) is 11.5. The lowest BCUT2D eigenvalue weighted by Gasteiger charge is -2.36. The highest BCUT2D eigenvalue weighted by Crippen LogP contribution is 2.22. The van der Waals surface area contributed by atoms with Crippen LogP contribution in [0.5, 0.6) is 0 Å². The van der Waals surface area contributed by atoms with Gasteiger partial charge in [-0.3, -0.25) is 9.59 Å². The number of aromatic amines is 1. The SMILES string of the molecule is CCCN(Cc1nc2cc(Cl)ccc2c(=O)[nH]1)C(=O)C1CCCN(C(=O)N2CCCC2)C1. The van der Waals surface area contributed by atoms with Gasteiger partial charge in [-0.25, -0.2) is 9.78 Å². The quantitative estimate of drug-likeness (QED) is 0.743. The van der Waals surface area contributed by atoms with Gasteiger partial charge in [0.1, 0.15) is 5.82 Å². The van der Waals surface area contributed by atoms with Crippen molar-refractivity contribution in [2.24, 2.45) is 5.92 Å². The molecule has 3 amide bonds. The summed E-state index contributed by atoms with van der Waals surface area (Å²) in [7, 11) is 0. The zero-order valence-corrected chi connectivity index (χ0v) is 19.2. The van der Waals surface area contributed by atoms with Crippen LogP contribution in [0, 0.1) is 5.92 Å². The molecule has 1 atom stereocenters. The molecule has 2 aromatic rings. The molecule has 2 aliphatic heterocycles. The van der Waals surface area contributed by atoms with Crippen LogP contribution < -0.4 is 5.56 Å². The van der Waals surface area contributed by atoms with E-state index in [1.165, 1.54) is 0 Å². The third kappa shape index (κ3) is 4.90. The lowest BCUT2D eigenvalue weighted by molar-refractivity contribution is -0.137. The fraction of sp³-hybridized carbons (Fsp3) is 0.565. The minimum absolute atomic E-state index is 0.0135. The van der Waals surface area contributed by atoms with Crippen LogP contribution in [0.1, 0.15) is 44.9 Å². The molecule has 32 heavy (non-hydrogen) atoms. The van der Waals surface area contributed by atoms with E-state index in [0.29, 0.717) is 41.4 Å². The molecule has 9 heteroatoms. The summed E-state index contributed by atoms with van der Waals surface area (Å²) < 4.78 is 0. The number of carbonyl (C=O) groups is 2. The van der Waals surface area contributed by atoms with E-state index < -0.39 is 0 Å². The van der Waals surface area contributed by atoms with Crippen molar-refractivity contribution in [3.63, 3.8) is 0 Å². The van der Waals surface area contributed by atoms with Crippen LogP contribution >= 0.6 is 11.6 Å². The van der Waals surface area contributed by atoms with Gasteiger partial charge in [-0.05, 0) is 50.3 Å². The Hall–Kier alpha value is -2.61. The summed E-state index contributed by atoms with van der Waals surface area (Å²) in [5.74, 6) is 0.218. The van der Waals surface area contributed by atoms with E-state index >= 15 is 0 Å². The smallest absolute Gasteiger partial charge is 0.320 e. The molecule has 172 valence electrons. The number of nitrogens with zero attached hydrogens (tertiary/aromatic N) is 4. The highest BCUT2D eigenvalue weighted by atomic mass is 35.5. The summed E-state index contributed by atoms with van der Waals surface area (Å²) in [5.41, 5.74) is 0.269. The molecule has 1 aromatic carbocycles. The van der Waals surface area contributed by atoms with Gasteiger partial charge in [0.15, 0.2) is 0 Å². The Morgan fingerprint density at radius 1 is 1.19 bits per heavy atom. The first kappa shape index (κ1) is 22.6. The van der Waals surface area contributed by atoms with Crippen LogP contribution in [0.3, 0.4) is 0 Å². The predicted molar refractivity (Wildman–Crippen MR) is 124 cm³/mol. The van der Waals surface area contributed by atoms with Gasteiger partial charge >= 0.3 is 6.03 Å². The van der Waals surface area contributed by atoms with Crippen molar-refractivity contribution in [2.75, 3.05) is 32.7 Å². The van der Waals surface area contributed by atoms with Crippen LogP contribution in [0.4, 0.5) is 4.79 Å². The van der Waals surface area contributed by atoms with Crippen LogP contribution in [0.15, 0.2) is 23.0 Å². The number of carbonyl (C=O) groups excluding carboxylic acids is 2. The van der Waals surface area contributed by atoms with Gasteiger partial charge in [-0.1, -0.05) is 18.5 Å². The molecule has 1 N–H and O–H groups in total. The molecule has 2 fully saturated rings. The highest BCUT2D eigenvalue weighted by Gasteiger charge is 2.33. The third-order valence-electron chi connectivity index (χ3n) is 6.28. The second-order valence-corrected chi connectivity index (χ2v) is 9.13. The maximum Gasteiger partial charge on any atom is 0.320 e. The summed E-state index contributed by atoms with van der Waals surface area (Å²) in [6.07, 6.45) is 4.47. The second-order valence-electron chi connectivity index (χ2n) is 8.70. The van der Waals surface area contributed by atoms with Crippen molar-refractivity contribution in [3.05, 3.63) is 39.4 Å². The van der Waals surface area contributed by atoms with Crippen LogP contribution in [-0.4, -0.2) is 69.3 Å². The Morgan fingerprint density at radius 2 is 1.94 bits per heavy atom. The van der Waals surface area contributed by atoms with Crippen molar-refractivity contribution < 1.29 is 9.59 Å². The van der Waals surface area contributed by atoms with Crippen molar-refractivity contribution in [1.29, 1.82) is 0 Å². The predicted octanol–water partition coefficient (Wildman–Crippen LogP) is 3.24. The third-order valence-corrected chi connectivity index (χ3v) is 6.52. The molecule has 8 nitrogen and oxygen atoms in total. The highest BCUT2D eigenvalue weighted by molar-refractivity contribution is 6.31. The minimum Gasteiger partial charge on any atom is -0.335 e. The molecule has 0 radical (unpaired) electrons. The number of piperidine rings is 1. The summed E-state index contributed by atoms with van der Waals surface area (Å²) >= 11 is 6.06. The van der Waals surface area contributed by atoms with Gasteiger partial charge in [0.05, 0.1) is 23.4 Å². The molecular formula is C23H30ClN5O3. The number of fused-ring (bicyclic) bond motifs is 1. The molecular weight excluding hydrogens is 430 g/mol. The lowest BCUT2D eigenvalue weighted by atomic mass is 9.96. The van der Waals surface area contributed by atoms with Crippen molar-refractivity contribution >= 4 is 34.4 Å². The number of aromatic nitrogens is 2. The van der Waals surface area contributed by atoms with Crippen LogP contribution in [0.2, 0.25) is 5.02 Å². The van der Waals surface area contributed by atoms with Crippen LogP contribution in [-0.2, 0) is 11.3 Å². The molecule has 3 heterocycles. The normalized spacial score (nSPS) is 18.9. The van der Waals surface area contributed by atoms with E-state index in [2.05, 4.69) is 9.97 Å².